The molecule has 1 aliphatic rings. The van der Waals surface area contributed by atoms with Gasteiger partial charge in [0.15, 0.2) is 0 Å². The normalized spacial score (nSPS) is 16.6. The summed E-state index contributed by atoms with van der Waals surface area (Å²) < 4.78 is 5.59. The summed E-state index contributed by atoms with van der Waals surface area (Å²) in [5, 5.41) is 3.30. The number of rotatable bonds is 5. The first-order valence-corrected chi connectivity index (χ1v) is 7.34. The highest BCUT2D eigenvalue weighted by atomic mass is 16.3. The lowest BCUT2D eigenvalue weighted by Crippen LogP contribution is -2.49. The lowest BCUT2D eigenvalue weighted by Gasteiger charge is -2.31. The maximum Gasteiger partial charge on any atom is 0.237 e. The summed E-state index contributed by atoms with van der Waals surface area (Å²) in [5.41, 5.74) is 0. The monoisotopic (exact) mass is 279 g/mol. The van der Waals surface area contributed by atoms with Crippen LogP contribution < -0.4 is 5.32 Å². The summed E-state index contributed by atoms with van der Waals surface area (Å²) in [6.07, 6.45) is 0. The van der Waals surface area contributed by atoms with Crippen LogP contribution in [0.1, 0.15) is 25.4 Å². The van der Waals surface area contributed by atoms with Crippen molar-refractivity contribution in [2.75, 3.05) is 32.7 Å². The van der Waals surface area contributed by atoms with Gasteiger partial charge in [0.05, 0.1) is 13.1 Å². The van der Waals surface area contributed by atoms with Crippen LogP contribution in [0.4, 0.5) is 0 Å². The summed E-state index contributed by atoms with van der Waals surface area (Å²) in [4.78, 5) is 16.6. The van der Waals surface area contributed by atoms with Gasteiger partial charge in [-0.25, -0.2) is 0 Å². The first-order chi connectivity index (χ1) is 9.56. The Morgan fingerprint density at radius 2 is 2.10 bits per heavy atom. The van der Waals surface area contributed by atoms with Gasteiger partial charge in [-0.15, -0.1) is 0 Å². The van der Waals surface area contributed by atoms with E-state index >= 15 is 0 Å². The zero-order valence-electron chi connectivity index (χ0n) is 12.7. The van der Waals surface area contributed by atoms with E-state index in [1.54, 1.807) is 0 Å². The summed E-state index contributed by atoms with van der Waals surface area (Å²) in [6.45, 7) is 10.9. The number of hydrogen-bond acceptors (Lipinski definition) is 4. The maximum absolute atomic E-state index is 12.5. The van der Waals surface area contributed by atoms with E-state index in [1.165, 1.54) is 0 Å². The number of hydrogen-bond donors (Lipinski definition) is 1. The quantitative estimate of drug-likeness (QED) is 0.881. The van der Waals surface area contributed by atoms with Crippen LogP contribution in [-0.2, 0) is 11.3 Å². The van der Waals surface area contributed by atoms with Crippen molar-refractivity contribution in [3.05, 3.63) is 23.7 Å². The molecule has 0 bridgehead atoms. The molecule has 2 heterocycles. The third-order valence-electron chi connectivity index (χ3n) is 3.63. The maximum atomic E-state index is 12.5. The molecule has 0 atom stereocenters. The Balaban J connectivity index is 1.94. The number of nitrogens with zero attached hydrogens (tertiary/aromatic N) is 2. The largest absolute Gasteiger partial charge is 0.464 e. The van der Waals surface area contributed by atoms with Crippen LogP contribution in [0.15, 0.2) is 16.5 Å². The highest BCUT2D eigenvalue weighted by Gasteiger charge is 2.22. The second kappa shape index (κ2) is 6.90. The van der Waals surface area contributed by atoms with Gasteiger partial charge in [0.1, 0.15) is 11.5 Å². The van der Waals surface area contributed by atoms with Gasteiger partial charge in [-0.1, -0.05) is 0 Å². The molecular formula is C15H25N3O2. The van der Waals surface area contributed by atoms with Crippen molar-refractivity contribution in [3.8, 4) is 0 Å². The molecule has 0 aliphatic carbocycles. The number of furan rings is 1. The van der Waals surface area contributed by atoms with Gasteiger partial charge < -0.3 is 14.6 Å². The zero-order valence-corrected chi connectivity index (χ0v) is 12.7. The number of amides is 1. The fourth-order valence-corrected chi connectivity index (χ4v) is 2.45. The average Bonchev–Trinajstić information content (AvgIpc) is 2.82. The van der Waals surface area contributed by atoms with E-state index in [4.69, 9.17) is 4.42 Å². The van der Waals surface area contributed by atoms with Crippen molar-refractivity contribution in [2.24, 2.45) is 0 Å². The Hall–Kier alpha value is -1.33. The predicted molar refractivity (Wildman–Crippen MR) is 78.4 cm³/mol. The minimum absolute atomic E-state index is 0.177. The lowest BCUT2D eigenvalue weighted by atomic mass is 10.2. The third kappa shape index (κ3) is 4.08. The average molecular weight is 279 g/mol. The minimum atomic E-state index is 0.177. The van der Waals surface area contributed by atoms with E-state index in [0.717, 1.165) is 37.7 Å². The van der Waals surface area contributed by atoms with Gasteiger partial charge in [0.2, 0.25) is 5.91 Å². The Labute approximate surface area is 120 Å². The minimum Gasteiger partial charge on any atom is -0.464 e. The van der Waals surface area contributed by atoms with Crippen molar-refractivity contribution in [3.63, 3.8) is 0 Å². The third-order valence-corrected chi connectivity index (χ3v) is 3.63. The fraction of sp³-hybridized carbons (Fsp3) is 0.667. The highest BCUT2D eigenvalue weighted by Crippen LogP contribution is 2.12. The van der Waals surface area contributed by atoms with Gasteiger partial charge in [-0.05, 0) is 32.9 Å². The van der Waals surface area contributed by atoms with Crippen LogP contribution in [0.25, 0.3) is 0 Å². The molecule has 112 valence electrons. The molecule has 0 radical (unpaired) electrons. The Morgan fingerprint density at radius 1 is 1.40 bits per heavy atom. The molecule has 1 N–H and O–H groups in total. The van der Waals surface area contributed by atoms with E-state index < -0.39 is 0 Å². The topological polar surface area (TPSA) is 48.7 Å². The molecule has 2 rings (SSSR count). The molecule has 0 saturated carbocycles. The van der Waals surface area contributed by atoms with E-state index in [-0.39, 0.29) is 11.9 Å². The van der Waals surface area contributed by atoms with Crippen LogP contribution in [0.3, 0.4) is 0 Å². The SMILES string of the molecule is Cc1ccc(CN(C(=O)CN2CCNCC2)C(C)C)o1. The summed E-state index contributed by atoms with van der Waals surface area (Å²) in [5.74, 6) is 1.92. The van der Waals surface area contributed by atoms with Gasteiger partial charge in [0.25, 0.3) is 0 Å². The summed E-state index contributed by atoms with van der Waals surface area (Å²) in [7, 11) is 0. The summed E-state index contributed by atoms with van der Waals surface area (Å²) >= 11 is 0. The van der Waals surface area contributed by atoms with Crippen LogP contribution in [-0.4, -0.2) is 54.5 Å². The molecule has 1 aliphatic heterocycles. The van der Waals surface area contributed by atoms with E-state index in [2.05, 4.69) is 10.2 Å². The molecular weight excluding hydrogens is 254 g/mol. The number of piperazine rings is 1. The van der Waals surface area contributed by atoms with Gasteiger partial charge in [0, 0.05) is 32.2 Å². The van der Waals surface area contributed by atoms with E-state index in [9.17, 15) is 4.79 Å². The van der Waals surface area contributed by atoms with Crippen molar-refractivity contribution < 1.29 is 9.21 Å². The Bertz CT molecular complexity index is 436. The molecule has 0 unspecified atom stereocenters. The Kier molecular flexibility index (Phi) is 5.20. The van der Waals surface area contributed by atoms with Crippen LogP contribution in [0.2, 0.25) is 0 Å². The molecule has 1 amide bonds. The fourth-order valence-electron chi connectivity index (χ4n) is 2.45. The summed E-state index contributed by atoms with van der Waals surface area (Å²) in [6, 6.07) is 4.06. The van der Waals surface area contributed by atoms with Crippen molar-refractivity contribution in [1.29, 1.82) is 0 Å². The second-order valence-corrected chi connectivity index (χ2v) is 5.65. The number of nitrogens with one attached hydrogen (secondary N) is 1. The molecule has 1 aromatic rings. The number of aryl methyl sites for hydroxylation is 1. The van der Waals surface area contributed by atoms with Crippen molar-refractivity contribution in [2.45, 2.75) is 33.4 Å². The van der Waals surface area contributed by atoms with E-state index in [0.29, 0.717) is 13.1 Å². The lowest BCUT2D eigenvalue weighted by molar-refractivity contribution is -0.135. The van der Waals surface area contributed by atoms with Gasteiger partial charge in [-0.3, -0.25) is 9.69 Å². The first kappa shape index (κ1) is 15.1. The molecule has 5 heteroatoms. The van der Waals surface area contributed by atoms with Crippen LogP contribution >= 0.6 is 0 Å². The second-order valence-electron chi connectivity index (χ2n) is 5.65. The molecule has 1 aromatic heterocycles. The van der Waals surface area contributed by atoms with Crippen LogP contribution in [0, 0.1) is 6.92 Å². The predicted octanol–water partition coefficient (Wildman–Crippen LogP) is 1.23. The van der Waals surface area contributed by atoms with Gasteiger partial charge >= 0.3 is 0 Å². The van der Waals surface area contributed by atoms with Crippen molar-refractivity contribution >= 4 is 5.91 Å². The molecule has 0 aromatic carbocycles. The molecule has 5 nitrogen and oxygen atoms in total. The smallest absolute Gasteiger partial charge is 0.237 e. The molecule has 0 spiro atoms. The molecule has 1 saturated heterocycles. The zero-order chi connectivity index (χ0) is 14.5. The number of carbonyl (C=O) groups is 1. The molecule has 1 fully saturated rings. The standard InChI is InChI=1S/C15H25N3O2/c1-12(2)18(10-14-5-4-13(3)20-14)15(19)11-17-8-6-16-7-9-17/h4-5,12,16H,6-11H2,1-3H3. The number of carbonyl (C=O) groups excluding carboxylic acids is 1. The van der Waals surface area contributed by atoms with Crippen molar-refractivity contribution in [1.82, 2.24) is 15.1 Å². The first-order valence-electron chi connectivity index (χ1n) is 7.34. The van der Waals surface area contributed by atoms with Gasteiger partial charge in [-0.2, -0.15) is 0 Å². The van der Waals surface area contributed by atoms with E-state index in [1.807, 2.05) is 37.8 Å². The van der Waals surface area contributed by atoms with Crippen LogP contribution in [0.5, 0.6) is 0 Å². The Morgan fingerprint density at radius 3 is 2.65 bits per heavy atom. The molecule has 20 heavy (non-hydrogen) atoms. The highest BCUT2D eigenvalue weighted by molar-refractivity contribution is 5.78.